The number of hydrogen-bond donors (Lipinski definition) is 2. The molecule has 0 fully saturated rings. The van der Waals surface area contributed by atoms with Crippen molar-refractivity contribution in [3.05, 3.63) is 41.2 Å². The number of nitrogens with one attached hydrogen (secondary N) is 1. The number of rotatable bonds is 7. The van der Waals surface area contributed by atoms with Crippen LogP contribution in [-0.2, 0) is 34.0 Å². The van der Waals surface area contributed by atoms with E-state index in [9.17, 15) is 26.4 Å². The Morgan fingerprint density at radius 1 is 1.37 bits per heavy atom. The number of hydrogen-bond acceptors (Lipinski definition) is 5. The first kappa shape index (κ1) is 22.1. The minimum Gasteiger partial charge on any atom is -0.494 e. The van der Waals surface area contributed by atoms with Crippen LogP contribution >= 0.6 is 0 Å². The molecule has 3 rings (SSSR count). The van der Waals surface area contributed by atoms with Crippen molar-refractivity contribution < 1.29 is 36.2 Å². The van der Waals surface area contributed by atoms with Crippen LogP contribution in [0.2, 0.25) is 0 Å². The molecule has 1 aromatic heterocycles. The third-order valence-corrected chi connectivity index (χ3v) is 6.13. The number of halogens is 3. The average Bonchev–Trinajstić information content (AvgIpc) is 3.04. The minimum absolute atomic E-state index is 0.0724. The van der Waals surface area contributed by atoms with Crippen molar-refractivity contribution in [1.29, 1.82) is 0 Å². The van der Waals surface area contributed by atoms with Crippen molar-refractivity contribution in [3.63, 3.8) is 0 Å². The van der Waals surface area contributed by atoms with Crippen LogP contribution in [0, 0.1) is 0 Å². The number of carboxylic acids is 1. The molecule has 8 nitrogen and oxygen atoms in total. The summed E-state index contributed by atoms with van der Waals surface area (Å²) in [6, 6.07) is 1.62. The van der Waals surface area contributed by atoms with Gasteiger partial charge in [0.2, 0.25) is 10.0 Å². The van der Waals surface area contributed by atoms with E-state index in [1.54, 1.807) is 6.92 Å². The van der Waals surface area contributed by atoms with Gasteiger partial charge in [-0.1, -0.05) is 0 Å². The first-order valence-corrected chi connectivity index (χ1v) is 10.6. The monoisotopic (exact) mass is 447 g/mol. The Labute approximate surface area is 170 Å². The zero-order chi connectivity index (χ0) is 22.1. The molecule has 0 saturated carbocycles. The molecule has 0 spiro atoms. The summed E-state index contributed by atoms with van der Waals surface area (Å²) in [6.07, 6.45) is -1.85. The summed E-state index contributed by atoms with van der Waals surface area (Å²) in [5, 5.41) is 13.0. The molecule has 1 unspecified atom stereocenters. The van der Waals surface area contributed by atoms with Crippen LogP contribution in [0.3, 0.4) is 0 Å². The number of aromatic nitrogens is 2. The zero-order valence-corrected chi connectivity index (χ0v) is 16.8. The van der Waals surface area contributed by atoms with Gasteiger partial charge in [0.05, 0.1) is 29.3 Å². The molecule has 0 radical (unpaired) electrons. The van der Waals surface area contributed by atoms with Crippen LogP contribution in [0.5, 0.6) is 5.75 Å². The van der Waals surface area contributed by atoms with E-state index in [-0.39, 0.29) is 18.9 Å². The van der Waals surface area contributed by atoms with Crippen molar-refractivity contribution in [2.75, 3.05) is 6.61 Å². The van der Waals surface area contributed by atoms with E-state index in [4.69, 9.17) is 9.84 Å². The van der Waals surface area contributed by atoms with Crippen molar-refractivity contribution in [2.24, 2.45) is 0 Å². The fraction of sp³-hybridized carbons (Fsp3) is 0.444. The quantitative estimate of drug-likeness (QED) is 0.675. The SMILES string of the molecule is CCOc1cc(C(F)(F)F)cc(S(=O)(=O)NC2CCCc3c2cnn3CC(=O)O)c1. The summed E-state index contributed by atoms with van der Waals surface area (Å²) in [5.74, 6) is -1.29. The van der Waals surface area contributed by atoms with Crippen molar-refractivity contribution in [1.82, 2.24) is 14.5 Å². The molecule has 30 heavy (non-hydrogen) atoms. The van der Waals surface area contributed by atoms with Gasteiger partial charge in [-0.05, 0) is 38.3 Å². The Hall–Kier alpha value is -2.60. The second-order valence-electron chi connectivity index (χ2n) is 6.79. The van der Waals surface area contributed by atoms with Gasteiger partial charge in [-0.2, -0.15) is 18.3 Å². The summed E-state index contributed by atoms with van der Waals surface area (Å²) in [6.45, 7) is 1.29. The normalized spacial score (nSPS) is 16.9. The van der Waals surface area contributed by atoms with Crippen molar-refractivity contribution in [3.8, 4) is 5.75 Å². The van der Waals surface area contributed by atoms with Gasteiger partial charge in [-0.15, -0.1) is 0 Å². The number of alkyl halides is 3. The van der Waals surface area contributed by atoms with E-state index in [1.165, 1.54) is 10.9 Å². The van der Waals surface area contributed by atoms with Gasteiger partial charge in [0.15, 0.2) is 0 Å². The Morgan fingerprint density at radius 2 is 2.10 bits per heavy atom. The molecule has 0 amide bonds. The lowest BCUT2D eigenvalue weighted by Gasteiger charge is -2.24. The molecule has 1 aliphatic carbocycles. The molecule has 2 aromatic rings. The van der Waals surface area contributed by atoms with Crippen LogP contribution < -0.4 is 9.46 Å². The second-order valence-corrected chi connectivity index (χ2v) is 8.50. The molecule has 1 heterocycles. The maximum absolute atomic E-state index is 13.2. The summed E-state index contributed by atoms with van der Waals surface area (Å²) >= 11 is 0. The lowest BCUT2D eigenvalue weighted by atomic mass is 9.94. The number of benzene rings is 1. The van der Waals surface area contributed by atoms with Crippen molar-refractivity contribution >= 4 is 16.0 Å². The lowest BCUT2D eigenvalue weighted by molar-refractivity contribution is -0.138. The molecule has 164 valence electrons. The molecule has 12 heteroatoms. The molecular weight excluding hydrogens is 427 g/mol. The smallest absolute Gasteiger partial charge is 0.416 e. The molecule has 1 aromatic carbocycles. The number of nitrogens with zero attached hydrogens (tertiary/aromatic N) is 2. The number of ether oxygens (including phenoxy) is 1. The largest absolute Gasteiger partial charge is 0.494 e. The standard InChI is InChI=1S/C18H20F3N3O5S/c1-2-29-12-6-11(18(19,20)21)7-13(8-12)30(27,28)23-15-4-3-5-16-14(15)9-22-24(16)10-17(25)26/h6-9,15,23H,2-5,10H2,1H3,(H,25,26). The molecule has 0 bridgehead atoms. The maximum atomic E-state index is 13.2. The lowest BCUT2D eigenvalue weighted by Crippen LogP contribution is -2.31. The first-order chi connectivity index (χ1) is 14.0. The number of sulfonamides is 1. The Balaban J connectivity index is 1.94. The highest BCUT2D eigenvalue weighted by atomic mass is 32.2. The van der Waals surface area contributed by atoms with Crippen LogP contribution in [0.25, 0.3) is 0 Å². The molecule has 0 saturated heterocycles. The van der Waals surface area contributed by atoms with E-state index in [2.05, 4.69) is 9.82 Å². The van der Waals surface area contributed by atoms with Gasteiger partial charge in [0.25, 0.3) is 0 Å². The molecule has 0 aliphatic heterocycles. The van der Waals surface area contributed by atoms with Crippen molar-refractivity contribution in [2.45, 2.75) is 49.8 Å². The van der Waals surface area contributed by atoms with Gasteiger partial charge >= 0.3 is 12.1 Å². The molecular formula is C18H20F3N3O5S. The Bertz CT molecular complexity index is 1050. The van der Waals surface area contributed by atoms with E-state index < -0.39 is 38.7 Å². The molecule has 2 N–H and O–H groups in total. The average molecular weight is 447 g/mol. The molecule has 1 aliphatic rings. The maximum Gasteiger partial charge on any atom is 0.416 e. The second kappa shape index (κ2) is 8.26. The highest BCUT2D eigenvalue weighted by Gasteiger charge is 2.34. The summed E-state index contributed by atoms with van der Waals surface area (Å²) in [4.78, 5) is 10.4. The third-order valence-electron chi connectivity index (χ3n) is 4.67. The van der Waals surface area contributed by atoms with E-state index in [0.717, 1.165) is 12.1 Å². The fourth-order valence-electron chi connectivity index (χ4n) is 3.40. The van der Waals surface area contributed by atoms with E-state index in [1.807, 2.05) is 0 Å². The van der Waals surface area contributed by atoms with E-state index in [0.29, 0.717) is 36.6 Å². The fourth-order valence-corrected chi connectivity index (χ4v) is 4.71. The first-order valence-electron chi connectivity index (χ1n) is 9.15. The number of carboxylic acid groups (broad SMARTS) is 1. The van der Waals surface area contributed by atoms with Crippen LogP contribution in [0.15, 0.2) is 29.3 Å². The van der Waals surface area contributed by atoms with Crippen LogP contribution in [-0.4, -0.2) is 35.9 Å². The van der Waals surface area contributed by atoms with Crippen LogP contribution in [0.1, 0.15) is 42.6 Å². The molecule has 1 atom stereocenters. The topological polar surface area (TPSA) is 111 Å². The number of aliphatic carboxylic acids is 1. The highest BCUT2D eigenvalue weighted by Crippen LogP contribution is 2.35. The summed E-state index contributed by atoms with van der Waals surface area (Å²) in [7, 11) is -4.32. The highest BCUT2D eigenvalue weighted by molar-refractivity contribution is 7.89. The van der Waals surface area contributed by atoms with Gasteiger partial charge in [-0.3, -0.25) is 9.48 Å². The predicted molar refractivity (Wildman–Crippen MR) is 98.5 cm³/mol. The van der Waals surface area contributed by atoms with Gasteiger partial charge in [-0.25, -0.2) is 13.1 Å². The minimum atomic E-state index is -4.74. The zero-order valence-electron chi connectivity index (χ0n) is 15.9. The van der Waals surface area contributed by atoms with E-state index >= 15 is 0 Å². The van der Waals surface area contributed by atoms with Crippen LogP contribution in [0.4, 0.5) is 13.2 Å². The third kappa shape index (κ3) is 4.75. The Morgan fingerprint density at radius 3 is 2.73 bits per heavy atom. The number of fused-ring (bicyclic) bond motifs is 1. The number of carbonyl (C=O) groups is 1. The Kier molecular flexibility index (Phi) is 6.09. The van der Waals surface area contributed by atoms with Gasteiger partial charge in [0, 0.05) is 17.3 Å². The summed E-state index contributed by atoms with van der Waals surface area (Å²) < 4.78 is 74.2. The summed E-state index contributed by atoms with van der Waals surface area (Å²) in [5.41, 5.74) is -0.0223. The van der Waals surface area contributed by atoms with Gasteiger partial charge in [0.1, 0.15) is 12.3 Å². The predicted octanol–water partition coefficient (Wildman–Crippen LogP) is 2.74. The van der Waals surface area contributed by atoms with Gasteiger partial charge < -0.3 is 9.84 Å².